The number of anilines is 2. The first kappa shape index (κ1) is 34.4. The summed E-state index contributed by atoms with van der Waals surface area (Å²) >= 11 is 0. The number of rotatable bonds is 6. The topological polar surface area (TPSA) is 146 Å². The molecule has 11 nitrogen and oxygen atoms in total. The summed E-state index contributed by atoms with van der Waals surface area (Å²) in [6.07, 6.45) is -3.45. The zero-order valence-corrected chi connectivity index (χ0v) is 26.1. The van der Waals surface area contributed by atoms with Crippen molar-refractivity contribution >= 4 is 23.4 Å². The second-order valence-corrected chi connectivity index (χ2v) is 10.7. The highest BCUT2D eigenvalue weighted by Gasteiger charge is 2.33. The predicted octanol–water partition coefficient (Wildman–Crippen LogP) is 5.03. The molecule has 1 aromatic heterocycles. The second-order valence-electron chi connectivity index (χ2n) is 10.7. The van der Waals surface area contributed by atoms with Crippen molar-refractivity contribution in [1.29, 1.82) is 0 Å². The Morgan fingerprint density at radius 1 is 0.978 bits per heavy atom. The summed E-state index contributed by atoms with van der Waals surface area (Å²) in [6, 6.07) is 10.1. The lowest BCUT2D eigenvalue weighted by atomic mass is 9.87. The van der Waals surface area contributed by atoms with Gasteiger partial charge in [-0.05, 0) is 67.3 Å². The van der Waals surface area contributed by atoms with Gasteiger partial charge >= 0.3 is 12.2 Å². The van der Waals surface area contributed by atoms with Crippen molar-refractivity contribution < 1.29 is 32.6 Å². The molecule has 0 spiro atoms. The van der Waals surface area contributed by atoms with Crippen LogP contribution in [0.1, 0.15) is 54.3 Å². The van der Waals surface area contributed by atoms with E-state index in [0.29, 0.717) is 75.1 Å². The van der Waals surface area contributed by atoms with Crippen LogP contribution >= 0.6 is 0 Å². The first-order valence-corrected chi connectivity index (χ1v) is 15.3. The number of alkyl halides is 3. The van der Waals surface area contributed by atoms with Crippen LogP contribution in [-0.2, 0) is 10.9 Å². The molecule has 3 heterocycles. The van der Waals surface area contributed by atoms with E-state index in [1.807, 2.05) is 18.7 Å². The Bertz CT molecular complexity index is 1470. The highest BCUT2D eigenvalue weighted by Crippen LogP contribution is 2.39. The number of benzene rings is 2. The van der Waals surface area contributed by atoms with Crippen LogP contribution in [0.5, 0.6) is 5.75 Å². The second kappa shape index (κ2) is 15.2. The van der Waals surface area contributed by atoms with Gasteiger partial charge in [-0.2, -0.15) is 13.2 Å². The molecule has 3 amide bonds. The molecule has 2 aliphatic heterocycles. The Kier molecular flexibility index (Phi) is 11.4. The molecular weight excluding hydrogens is 603 g/mol. The van der Waals surface area contributed by atoms with Gasteiger partial charge in [-0.15, -0.1) is 0 Å². The first-order chi connectivity index (χ1) is 22.0. The normalized spacial score (nSPS) is 16.2. The van der Waals surface area contributed by atoms with Gasteiger partial charge in [0, 0.05) is 50.0 Å². The third kappa shape index (κ3) is 8.04. The number of hydrogen-bond donors (Lipinski definition) is 4. The van der Waals surface area contributed by atoms with Gasteiger partial charge in [0.2, 0.25) is 0 Å². The van der Waals surface area contributed by atoms with Gasteiger partial charge in [0.05, 0.1) is 24.8 Å². The molecule has 2 aromatic carbocycles. The van der Waals surface area contributed by atoms with Gasteiger partial charge in [0.1, 0.15) is 5.69 Å². The van der Waals surface area contributed by atoms with Gasteiger partial charge in [0.15, 0.2) is 17.4 Å². The number of nitrogens with zero attached hydrogens (tertiary/aromatic N) is 4. The number of piperidine rings is 1. The van der Waals surface area contributed by atoms with Gasteiger partial charge in [-0.25, -0.2) is 14.8 Å². The average molecular weight is 644 g/mol. The molecule has 2 saturated heterocycles. The largest absolute Gasteiger partial charge is 0.503 e. The monoisotopic (exact) mass is 643 g/mol. The minimum Gasteiger partial charge on any atom is -0.503 e. The summed E-state index contributed by atoms with van der Waals surface area (Å²) in [7, 11) is 1.52. The maximum atomic E-state index is 13.0. The molecule has 3 aromatic rings. The number of likely N-dealkylation sites (tertiary alicyclic amines) is 1. The molecule has 2 aliphatic rings. The van der Waals surface area contributed by atoms with Gasteiger partial charge < -0.3 is 36.0 Å². The standard InChI is InChI=1S/C30H34F3N7O4.C2H6/c1-35-29(43)36-22-8-4-19(5-9-22)26-37-24(25(41)27(38-26)39-14-16-44-17-15-39)23(34)18-10-12-40(13-11-18)28(42)20-2-6-21(7-3-20)30(31,32)33;1-2/h2-9,18,23,41H,10-17,34H2,1H3,(H2,35,36,43);1-2H3. The van der Waals surface area contributed by atoms with Crippen LogP contribution in [0.4, 0.5) is 29.5 Å². The van der Waals surface area contributed by atoms with Crippen molar-refractivity contribution in [3.05, 3.63) is 65.4 Å². The first-order valence-electron chi connectivity index (χ1n) is 15.3. The Labute approximate surface area is 266 Å². The van der Waals surface area contributed by atoms with Gasteiger partial charge in [-0.3, -0.25) is 4.79 Å². The van der Waals surface area contributed by atoms with Crippen molar-refractivity contribution in [2.75, 3.05) is 56.7 Å². The molecule has 0 saturated carbocycles. The van der Waals surface area contributed by atoms with Crippen molar-refractivity contribution in [2.45, 2.75) is 38.9 Å². The van der Waals surface area contributed by atoms with E-state index in [4.69, 9.17) is 15.5 Å². The summed E-state index contributed by atoms with van der Waals surface area (Å²) in [5, 5.41) is 16.6. The number of urea groups is 1. The lowest BCUT2D eigenvalue weighted by molar-refractivity contribution is -0.137. The minimum absolute atomic E-state index is 0.107. The average Bonchev–Trinajstić information content (AvgIpc) is 3.09. The molecule has 5 N–H and O–H groups in total. The van der Waals surface area contributed by atoms with Crippen LogP contribution in [-0.4, -0.2) is 78.4 Å². The number of aromatic hydroxyl groups is 1. The fraction of sp³-hybridized carbons (Fsp3) is 0.438. The Hall–Kier alpha value is -4.43. The molecule has 0 radical (unpaired) electrons. The number of halogens is 3. The number of aromatic nitrogens is 2. The number of nitrogens with two attached hydrogens (primary N) is 1. The summed E-state index contributed by atoms with van der Waals surface area (Å²) < 4.78 is 44.2. The smallest absolute Gasteiger partial charge is 0.416 e. The lowest BCUT2D eigenvalue weighted by Gasteiger charge is -2.35. The van der Waals surface area contributed by atoms with Crippen molar-refractivity contribution in [1.82, 2.24) is 20.2 Å². The van der Waals surface area contributed by atoms with Gasteiger partial charge in [0.25, 0.3) is 5.91 Å². The van der Waals surface area contributed by atoms with Crippen LogP contribution in [0, 0.1) is 5.92 Å². The molecule has 0 aliphatic carbocycles. The highest BCUT2D eigenvalue weighted by molar-refractivity contribution is 5.94. The minimum atomic E-state index is -4.47. The summed E-state index contributed by atoms with van der Waals surface area (Å²) in [5.41, 5.74) is 7.65. The number of nitrogens with one attached hydrogen (secondary N) is 2. The van der Waals surface area contributed by atoms with E-state index in [-0.39, 0.29) is 34.9 Å². The molecule has 5 rings (SSSR count). The van der Waals surface area contributed by atoms with Crippen LogP contribution < -0.4 is 21.3 Å². The molecule has 248 valence electrons. The maximum absolute atomic E-state index is 13.0. The number of carbonyl (C=O) groups is 2. The number of amides is 3. The predicted molar refractivity (Wildman–Crippen MR) is 169 cm³/mol. The molecular formula is C32H40F3N7O4. The number of ether oxygens (including phenoxy) is 1. The summed E-state index contributed by atoms with van der Waals surface area (Å²) in [5.74, 6) is 0.130. The van der Waals surface area contributed by atoms with Crippen LogP contribution in [0.2, 0.25) is 0 Å². The molecule has 46 heavy (non-hydrogen) atoms. The van der Waals surface area contributed by atoms with E-state index in [1.54, 1.807) is 29.2 Å². The molecule has 1 unspecified atom stereocenters. The zero-order chi connectivity index (χ0) is 33.4. The summed E-state index contributed by atoms with van der Waals surface area (Å²) in [4.78, 5) is 37.6. The fourth-order valence-electron chi connectivity index (χ4n) is 5.38. The Morgan fingerprint density at radius 2 is 1.59 bits per heavy atom. The number of carbonyl (C=O) groups excluding carboxylic acids is 2. The maximum Gasteiger partial charge on any atom is 0.416 e. The number of morpholine rings is 1. The number of hydrogen-bond acceptors (Lipinski definition) is 8. The van der Waals surface area contributed by atoms with Crippen LogP contribution in [0.15, 0.2) is 48.5 Å². The van der Waals surface area contributed by atoms with E-state index in [2.05, 4.69) is 15.6 Å². The Morgan fingerprint density at radius 3 is 2.15 bits per heavy atom. The highest BCUT2D eigenvalue weighted by atomic mass is 19.4. The molecule has 2 fully saturated rings. The molecule has 14 heteroatoms. The Balaban J connectivity index is 0.00000235. The quantitative estimate of drug-likeness (QED) is 0.293. The summed E-state index contributed by atoms with van der Waals surface area (Å²) in [6.45, 7) is 6.72. The van der Waals surface area contributed by atoms with E-state index < -0.39 is 17.8 Å². The SMILES string of the molecule is CC.CNC(=O)Nc1ccc(-c2nc(C(N)C3CCN(C(=O)c4ccc(C(F)(F)F)cc4)CC3)c(O)c(N3CCOCC3)n2)cc1. The van der Waals surface area contributed by atoms with Crippen molar-refractivity contribution in [3.63, 3.8) is 0 Å². The zero-order valence-electron chi connectivity index (χ0n) is 26.1. The van der Waals surface area contributed by atoms with Crippen molar-refractivity contribution in [3.8, 4) is 17.1 Å². The van der Waals surface area contributed by atoms with Crippen LogP contribution in [0.3, 0.4) is 0 Å². The molecule has 1 atom stereocenters. The van der Waals surface area contributed by atoms with Gasteiger partial charge in [-0.1, -0.05) is 13.8 Å². The van der Waals surface area contributed by atoms with E-state index >= 15 is 0 Å². The third-order valence-corrected chi connectivity index (χ3v) is 7.94. The van der Waals surface area contributed by atoms with Crippen LogP contribution in [0.25, 0.3) is 11.4 Å². The fourth-order valence-corrected chi connectivity index (χ4v) is 5.38. The third-order valence-electron chi connectivity index (χ3n) is 7.94. The van der Waals surface area contributed by atoms with E-state index in [9.17, 15) is 27.9 Å². The van der Waals surface area contributed by atoms with E-state index in [1.165, 1.54) is 19.2 Å². The lowest BCUT2D eigenvalue weighted by Crippen LogP contribution is -2.41. The van der Waals surface area contributed by atoms with Crippen molar-refractivity contribution in [2.24, 2.45) is 11.7 Å². The van der Waals surface area contributed by atoms with E-state index in [0.717, 1.165) is 12.1 Å². The molecule has 0 bridgehead atoms.